The van der Waals surface area contributed by atoms with Crippen LogP contribution < -0.4 is 0 Å². The maximum atomic E-state index is 13.8. The zero-order valence-corrected chi connectivity index (χ0v) is 17.3. The zero-order chi connectivity index (χ0) is 21.0. The molecular formula is C25H21ClN2O2. The van der Waals surface area contributed by atoms with Crippen LogP contribution in [-0.2, 0) is 21.8 Å². The van der Waals surface area contributed by atoms with Gasteiger partial charge in [-0.1, -0.05) is 103 Å². The fourth-order valence-corrected chi connectivity index (χ4v) is 3.79. The quantitative estimate of drug-likeness (QED) is 0.573. The van der Waals surface area contributed by atoms with Crippen LogP contribution in [-0.4, -0.2) is 23.1 Å². The minimum atomic E-state index is -1.53. The monoisotopic (exact) mass is 416 g/mol. The van der Waals surface area contributed by atoms with Crippen LogP contribution in [0.3, 0.4) is 0 Å². The van der Waals surface area contributed by atoms with Gasteiger partial charge in [0.1, 0.15) is 0 Å². The van der Waals surface area contributed by atoms with E-state index in [0.717, 1.165) is 11.1 Å². The molecule has 0 N–H and O–H groups in total. The van der Waals surface area contributed by atoms with Crippen LogP contribution in [0.25, 0.3) is 6.08 Å². The van der Waals surface area contributed by atoms with Crippen molar-refractivity contribution in [3.63, 3.8) is 0 Å². The Morgan fingerprint density at radius 3 is 2.10 bits per heavy atom. The van der Waals surface area contributed by atoms with E-state index in [9.17, 15) is 4.79 Å². The summed E-state index contributed by atoms with van der Waals surface area (Å²) in [6.45, 7) is 0.349. The maximum Gasteiger partial charge on any atom is 0.287 e. The molecule has 1 aliphatic heterocycles. The Balaban J connectivity index is 1.87. The maximum absolute atomic E-state index is 13.8. The third-order valence-corrected chi connectivity index (χ3v) is 5.32. The van der Waals surface area contributed by atoms with Crippen LogP contribution in [0.2, 0.25) is 0 Å². The zero-order valence-electron chi connectivity index (χ0n) is 16.5. The van der Waals surface area contributed by atoms with E-state index >= 15 is 0 Å². The molecule has 1 unspecified atom stereocenters. The molecule has 0 saturated heterocycles. The molecule has 1 atom stereocenters. The van der Waals surface area contributed by atoms with Gasteiger partial charge in [0.2, 0.25) is 0 Å². The fourth-order valence-electron chi connectivity index (χ4n) is 3.52. The van der Waals surface area contributed by atoms with E-state index < -0.39 is 5.72 Å². The number of carbonyl (C=O) groups is 1. The summed E-state index contributed by atoms with van der Waals surface area (Å²) in [6.07, 6.45) is 1.87. The molecule has 0 fully saturated rings. The minimum absolute atomic E-state index is 0.222. The minimum Gasteiger partial charge on any atom is -0.346 e. The van der Waals surface area contributed by atoms with E-state index in [-0.39, 0.29) is 11.1 Å². The molecule has 4 rings (SSSR count). The Morgan fingerprint density at radius 2 is 1.50 bits per heavy atom. The largest absolute Gasteiger partial charge is 0.346 e. The van der Waals surface area contributed by atoms with E-state index in [1.54, 1.807) is 4.90 Å². The Labute approximate surface area is 181 Å². The number of carbonyl (C=O) groups excluding carboxylic acids is 1. The van der Waals surface area contributed by atoms with Crippen molar-refractivity contribution in [3.8, 4) is 0 Å². The lowest BCUT2D eigenvalue weighted by atomic mass is 9.98. The van der Waals surface area contributed by atoms with E-state index in [0.29, 0.717) is 17.8 Å². The fraction of sp³-hybridized carbons (Fsp3) is 0.120. The molecule has 0 saturated carbocycles. The Morgan fingerprint density at radius 1 is 0.933 bits per heavy atom. The highest BCUT2D eigenvalue weighted by Gasteiger charge is 2.48. The second-order valence-electron chi connectivity index (χ2n) is 6.93. The average molecular weight is 417 g/mol. The van der Waals surface area contributed by atoms with Gasteiger partial charge in [0.25, 0.3) is 11.6 Å². The summed E-state index contributed by atoms with van der Waals surface area (Å²) >= 11 is 6.68. The highest BCUT2D eigenvalue weighted by molar-refractivity contribution is 6.70. The molecule has 0 bridgehead atoms. The molecule has 0 aliphatic carbocycles. The second-order valence-corrected chi connectivity index (χ2v) is 7.29. The van der Waals surface area contributed by atoms with Crippen molar-refractivity contribution in [2.75, 3.05) is 7.11 Å². The summed E-state index contributed by atoms with van der Waals surface area (Å²) in [5.41, 5.74) is 1.56. The van der Waals surface area contributed by atoms with Crippen LogP contribution in [0.15, 0.2) is 102 Å². The molecule has 1 amide bonds. The molecule has 1 heterocycles. The topological polar surface area (TPSA) is 41.9 Å². The van der Waals surface area contributed by atoms with E-state index in [2.05, 4.69) is 4.99 Å². The van der Waals surface area contributed by atoms with E-state index in [1.165, 1.54) is 7.11 Å². The van der Waals surface area contributed by atoms with Crippen LogP contribution in [0.4, 0.5) is 0 Å². The van der Waals surface area contributed by atoms with Crippen LogP contribution in [0.1, 0.15) is 16.7 Å². The lowest BCUT2D eigenvalue weighted by molar-refractivity contribution is -0.154. The Bertz CT molecular complexity index is 1080. The molecule has 150 valence electrons. The van der Waals surface area contributed by atoms with E-state index in [4.69, 9.17) is 16.3 Å². The lowest BCUT2D eigenvalue weighted by Gasteiger charge is -2.38. The average Bonchev–Trinajstić information content (AvgIpc) is 2.80. The summed E-state index contributed by atoms with van der Waals surface area (Å²) in [7, 11) is 1.48. The highest BCUT2D eigenvalue weighted by Crippen LogP contribution is 2.37. The summed E-state index contributed by atoms with van der Waals surface area (Å²) in [5, 5.41) is 0.222. The number of nitrogens with zero attached hydrogens (tertiary/aromatic N) is 2. The van der Waals surface area contributed by atoms with Gasteiger partial charge in [-0.05, 0) is 17.2 Å². The third kappa shape index (κ3) is 3.80. The molecule has 5 heteroatoms. The van der Waals surface area contributed by atoms with Crippen LogP contribution in [0, 0.1) is 0 Å². The SMILES string of the molecule is COC1(c2ccccc2)N=C(Cl)/C(=C/c2ccccc2)N(Cc2ccccc2)C1=O. The molecule has 1 aliphatic rings. The first-order valence-electron chi connectivity index (χ1n) is 9.63. The number of allylic oxidation sites excluding steroid dienone is 1. The normalized spacial score (nSPS) is 20.3. The Kier molecular flexibility index (Phi) is 5.79. The number of rotatable bonds is 5. The molecule has 30 heavy (non-hydrogen) atoms. The number of ether oxygens (including phenoxy) is 1. The van der Waals surface area contributed by atoms with Gasteiger partial charge in [-0.2, -0.15) is 0 Å². The summed E-state index contributed by atoms with van der Waals surface area (Å²) in [5.74, 6) is -0.286. The number of methoxy groups -OCH3 is 1. The second kappa shape index (κ2) is 8.66. The van der Waals surface area contributed by atoms with Gasteiger partial charge in [0.15, 0.2) is 5.17 Å². The van der Waals surface area contributed by atoms with Crippen molar-refractivity contribution in [3.05, 3.63) is 113 Å². The van der Waals surface area contributed by atoms with Crippen molar-refractivity contribution in [1.29, 1.82) is 0 Å². The van der Waals surface area contributed by atoms with Gasteiger partial charge in [-0.15, -0.1) is 0 Å². The van der Waals surface area contributed by atoms with Gasteiger partial charge in [-0.25, -0.2) is 4.99 Å². The van der Waals surface area contributed by atoms with Gasteiger partial charge in [-0.3, -0.25) is 4.79 Å². The van der Waals surface area contributed by atoms with Crippen molar-refractivity contribution < 1.29 is 9.53 Å². The van der Waals surface area contributed by atoms with Gasteiger partial charge < -0.3 is 9.64 Å². The number of halogens is 1. The van der Waals surface area contributed by atoms with Gasteiger partial charge >= 0.3 is 0 Å². The van der Waals surface area contributed by atoms with Gasteiger partial charge in [0.05, 0.1) is 12.2 Å². The smallest absolute Gasteiger partial charge is 0.287 e. The standard InChI is InChI=1S/C25H21ClN2O2/c1-30-25(21-15-9-4-10-16-21)24(29)28(18-20-13-7-3-8-14-20)22(23(26)27-25)17-19-11-5-2-6-12-19/h2-17H,18H2,1H3/b22-17-. The molecule has 0 radical (unpaired) electrons. The lowest BCUT2D eigenvalue weighted by Crippen LogP contribution is -2.51. The number of amides is 1. The molecular weight excluding hydrogens is 396 g/mol. The van der Waals surface area contributed by atoms with Crippen LogP contribution >= 0.6 is 11.6 Å². The van der Waals surface area contributed by atoms with Gasteiger partial charge in [0, 0.05) is 12.7 Å². The highest BCUT2D eigenvalue weighted by atomic mass is 35.5. The van der Waals surface area contributed by atoms with E-state index in [1.807, 2.05) is 97.1 Å². The predicted octanol–water partition coefficient (Wildman–Crippen LogP) is 5.21. The van der Waals surface area contributed by atoms with Crippen molar-refractivity contribution in [1.82, 2.24) is 4.90 Å². The summed E-state index contributed by atoms with van der Waals surface area (Å²) in [4.78, 5) is 20.0. The molecule has 4 nitrogen and oxygen atoms in total. The first-order valence-corrected chi connectivity index (χ1v) is 10.0. The molecule has 0 spiro atoms. The summed E-state index contributed by atoms with van der Waals surface area (Å²) < 4.78 is 5.72. The number of benzene rings is 3. The molecule has 3 aromatic carbocycles. The first kappa shape index (κ1) is 20.1. The third-order valence-electron chi connectivity index (χ3n) is 5.04. The number of aliphatic imine (C=N–C) groups is 1. The van der Waals surface area contributed by atoms with Crippen LogP contribution in [0.5, 0.6) is 0 Å². The first-order chi connectivity index (χ1) is 14.6. The molecule has 0 aromatic heterocycles. The Hall–Kier alpha value is -3.21. The van der Waals surface area contributed by atoms with Crippen molar-refractivity contribution >= 4 is 28.8 Å². The predicted molar refractivity (Wildman–Crippen MR) is 120 cm³/mol. The summed E-state index contributed by atoms with van der Waals surface area (Å²) in [6, 6.07) is 28.7. The number of hydrogen-bond donors (Lipinski definition) is 0. The molecule has 3 aromatic rings. The number of hydrogen-bond acceptors (Lipinski definition) is 3. The van der Waals surface area contributed by atoms with Crippen molar-refractivity contribution in [2.45, 2.75) is 12.3 Å². The van der Waals surface area contributed by atoms with Crippen molar-refractivity contribution in [2.24, 2.45) is 4.99 Å².